The lowest BCUT2D eigenvalue weighted by atomic mass is 9.33. The summed E-state index contributed by atoms with van der Waals surface area (Å²) in [7, 11) is 0. The van der Waals surface area contributed by atoms with Crippen LogP contribution in [0.4, 0.5) is 0 Å². The standard InChI is InChI=1S/C32H49NO4/c1-19-11-16-32(27(35)36)18-17-30(7)22(26(32)20(19)2)9-10-24-29(6)14-13-25(33-37-21(3)34)28(4,5)23(29)12-15-31(24,30)8/h9,19-20,23-24,26H,10-18H2,1-8H3,(H,35,36)/b33-25+/t19-,20+,23+,24-,26+,29+,30-,31-,32+/m1/s1. The third-order valence-electron chi connectivity index (χ3n) is 13.5. The van der Waals surface area contributed by atoms with Crippen molar-refractivity contribution in [2.75, 3.05) is 0 Å². The number of hydrogen-bond acceptors (Lipinski definition) is 4. The Bertz CT molecular complexity index is 1060. The first-order valence-corrected chi connectivity index (χ1v) is 14.8. The van der Waals surface area contributed by atoms with Gasteiger partial charge >= 0.3 is 11.9 Å². The zero-order valence-electron chi connectivity index (χ0n) is 24.4. The molecule has 37 heavy (non-hydrogen) atoms. The van der Waals surface area contributed by atoms with Crippen molar-refractivity contribution < 1.29 is 19.5 Å². The summed E-state index contributed by atoms with van der Waals surface area (Å²) in [6.07, 6.45) is 11.5. The predicted molar refractivity (Wildman–Crippen MR) is 146 cm³/mol. The zero-order valence-corrected chi connectivity index (χ0v) is 24.4. The smallest absolute Gasteiger partial charge is 0.331 e. The topological polar surface area (TPSA) is 76.0 Å². The minimum absolute atomic E-state index is 0.0368. The summed E-state index contributed by atoms with van der Waals surface area (Å²) in [4.78, 5) is 29.5. The molecule has 0 unspecified atom stereocenters. The molecule has 0 heterocycles. The highest BCUT2D eigenvalue weighted by atomic mass is 16.7. The Labute approximate surface area is 223 Å². The molecule has 4 saturated carbocycles. The van der Waals surface area contributed by atoms with Gasteiger partial charge in [-0.2, -0.15) is 0 Å². The molecule has 0 bridgehead atoms. The van der Waals surface area contributed by atoms with E-state index in [0.717, 1.165) is 63.5 Å². The van der Waals surface area contributed by atoms with Gasteiger partial charge in [0.2, 0.25) is 0 Å². The largest absolute Gasteiger partial charge is 0.481 e. The second-order valence-corrected chi connectivity index (χ2v) is 15.0. The van der Waals surface area contributed by atoms with E-state index in [1.165, 1.54) is 12.5 Å². The van der Waals surface area contributed by atoms with Crippen LogP contribution in [-0.4, -0.2) is 22.8 Å². The summed E-state index contributed by atoms with van der Waals surface area (Å²) in [6.45, 7) is 18.3. The van der Waals surface area contributed by atoms with Crippen LogP contribution in [0.1, 0.15) is 113 Å². The van der Waals surface area contributed by atoms with Crippen molar-refractivity contribution in [3.63, 3.8) is 0 Å². The average molecular weight is 512 g/mol. The van der Waals surface area contributed by atoms with Crippen LogP contribution >= 0.6 is 0 Å². The van der Waals surface area contributed by atoms with Crippen LogP contribution in [0.15, 0.2) is 16.8 Å². The zero-order chi connectivity index (χ0) is 27.2. The maximum absolute atomic E-state index is 12.9. The Morgan fingerprint density at radius 3 is 2.32 bits per heavy atom. The van der Waals surface area contributed by atoms with Crippen molar-refractivity contribution >= 4 is 17.7 Å². The number of oxime groups is 1. The monoisotopic (exact) mass is 511 g/mol. The Kier molecular flexibility index (Phi) is 6.13. The molecule has 0 aromatic carbocycles. The third-order valence-corrected chi connectivity index (χ3v) is 13.5. The summed E-state index contributed by atoms with van der Waals surface area (Å²) >= 11 is 0. The molecular formula is C32H49NO4. The van der Waals surface area contributed by atoms with E-state index in [0.29, 0.717) is 23.7 Å². The van der Waals surface area contributed by atoms with Crippen LogP contribution in [0.3, 0.4) is 0 Å². The van der Waals surface area contributed by atoms with E-state index in [4.69, 9.17) is 4.84 Å². The van der Waals surface area contributed by atoms with Crippen molar-refractivity contribution in [1.82, 2.24) is 0 Å². The molecule has 0 aromatic heterocycles. The highest BCUT2D eigenvalue weighted by molar-refractivity contribution is 5.91. The fourth-order valence-corrected chi connectivity index (χ4v) is 11.0. The number of hydrogen-bond donors (Lipinski definition) is 1. The molecule has 0 aromatic rings. The van der Waals surface area contributed by atoms with Crippen LogP contribution in [-0.2, 0) is 14.4 Å². The van der Waals surface area contributed by atoms with Gasteiger partial charge in [-0.15, -0.1) is 0 Å². The van der Waals surface area contributed by atoms with Crippen molar-refractivity contribution in [1.29, 1.82) is 0 Å². The molecule has 206 valence electrons. The second kappa shape index (κ2) is 8.42. The van der Waals surface area contributed by atoms with Gasteiger partial charge in [0.25, 0.3) is 0 Å². The van der Waals surface area contributed by atoms with E-state index in [1.54, 1.807) is 0 Å². The fourth-order valence-electron chi connectivity index (χ4n) is 11.0. The Balaban J connectivity index is 1.56. The number of fused-ring (bicyclic) bond motifs is 7. The molecule has 5 heteroatoms. The number of carbonyl (C=O) groups excluding carboxylic acids is 1. The van der Waals surface area contributed by atoms with Gasteiger partial charge in [0.1, 0.15) is 0 Å². The van der Waals surface area contributed by atoms with Gasteiger partial charge in [0.15, 0.2) is 0 Å². The molecule has 1 N–H and O–H groups in total. The molecule has 5 nitrogen and oxygen atoms in total. The number of carboxylic acids is 1. The minimum Gasteiger partial charge on any atom is -0.481 e. The van der Waals surface area contributed by atoms with Gasteiger partial charge in [-0.3, -0.25) is 4.79 Å². The highest BCUT2D eigenvalue weighted by Crippen LogP contribution is 2.75. The van der Waals surface area contributed by atoms with Crippen LogP contribution in [0.25, 0.3) is 0 Å². The molecule has 0 saturated heterocycles. The number of rotatable bonds is 2. The highest BCUT2D eigenvalue weighted by Gasteiger charge is 2.69. The number of allylic oxidation sites excluding steroid dienone is 2. The van der Waals surface area contributed by atoms with Crippen molar-refractivity contribution in [3.8, 4) is 0 Å². The minimum atomic E-state index is -0.587. The van der Waals surface area contributed by atoms with Crippen LogP contribution < -0.4 is 0 Å². The summed E-state index contributed by atoms with van der Waals surface area (Å²) in [5.41, 5.74) is 2.17. The Hall–Kier alpha value is -1.65. The normalized spacial score (nSPS) is 49.6. The lowest BCUT2D eigenvalue weighted by Crippen LogP contribution is -2.65. The van der Waals surface area contributed by atoms with E-state index in [-0.39, 0.29) is 33.5 Å². The molecule has 0 amide bonds. The average Bonchev–Trinajstić information content (AvgIpc) is 2.80. The SMILES string of the molecule is CC(=O)O/N=C1\CC[C@]2(C)[C@H]3CC=C4[C@@H]5[C@@H](C)[C@H](C)CC[C@]5(C(=O)O)CC[C@@]4(C)[C@]3(C)CC[C@H]2C1(C)C. The predicted octanol–water partition coefficient (Wildman–Crippen LogP) is 7.65. The van der Waals surface area contributed by atoms with Gasteiger partial charge in [-0.25, -0.2) is 4.79 Å². The van der Waals surface area contributed by atoms with Crippen molar-refractivity contribution in [2.45, 2.75) is 113 Å². The first kappa shape index (κ1) is 26.9. The number of carboxylic acid groups (broad SMARTS) is 1. The first-order chi connectivity index (χ1) is 17.1. The van der Waals surface area contributed by atoms with Gasteiger partial charge in [-0.1, -0.05) is 65.3 Å². The molecule has 4 fully saturated rings. The number of aliphatic carboxylic acids is 1. The molecular weight excluding hydrogens is 462 g/mol. The van der Waals surface area contributed by atoms with Crippen molar-refractivity contribution in [3.05, 3.63) is 11.6 Å². The van der Waals surface area contributed by atoms with E-state index in [9.17, 15) is 14.7 Å². The Morgan fingerprint density at radius 2 is 1.68 bits per heavy atom. The Morgan fingerprint density at radius 1 is 0.973 bits per heavy atom. The summed E-state index contributed by atoms with van der Waals surface area (Å²) in [6, 6.07) is 0. The molecule has 0 radical (unpaired) electrons. The van der Waals surface area contributed by atoms with Crippen molar-refractivity contribution in [2.24, 2.45) is 61.8 Å². The second-order valence-electron chi connectivity index (χ2n) is 15.0. The number of nitrogens with zero attached hydrogens (tertiary/aromatic N) is 1. The lowest BCUT2D eigenvalue weighted by Gasteiger charge is -2.71. The van der Waals surface area contributed by atoms with E-state index >= 15 is 0 Å². The lowest BCUT2D eigenvalue weighted by molar-refractivity contribution is -0.181. The van der Waals surface area contributed by atoms with E-state index in [2.05, 4.69) is 59.7 Å². The van der Waals surface area contributed by atoms with E-state index < -0.39 is 11.4 Å². The van der Waals surface area contributed by atoms with Crippen LogP contribution in [0, 0.1) is 56.7 Å². The molecule has 0 spiro atoms. The molecule has 9 atom stereocenters. The molecule has 5 aliphatic carbocycles. The third kappa shape index (κ3) is 3.43. The molecule has 5 rings (SSSR count). The summed E-state index contributed by atoms with van der Waals surface area (Å²) < 4.78 is 0. The maximum atomic E-state index is 12.9. The quantitative estimate of drug-likeness (QED) is 0.235. The van der Waals surface area contributed by atoms with E-state index in [1.807, 2.05) is 0 Å². The maximum Gasteiger partial charge on any atom is 0.331 e. The first-order valence-electron chi connectivity index (χ1n) is 14.8. The number of carbonyl (C=O) groups is 2. The molecule has 0 aliphatic heterocycles. The van der Waals surface area contributed by atoms with Gasteiger partial charge < -0.3 is 9.94 Å². The van der Waals surface area contributed by atoms with Gasteiger partial charge in [0, 0.05) is 12.3 Å². The molecule has 5 aliphatic rings. The van der Waals surface area contributed by atoms with Crippen LogP contribution in [0.5, 0.6) is 0 Å². The van der Waals surface area contributed by atoms with Gasteiger partial charge in [-0.05, 0) is 104 Å². The van der Waals surface area contributed by atoms with Crippen LogP contribution in [0.2, 0.25) is 0 Å². The summed E-state index contributed by atoms with van der Waals surface area (Å²) in [5.74, 6) is 1.24. The fraction of sp³-hybridized carbons (Fsp3) is 0.844. The summed E-state index contributed by atoms with van der Waals surface area (Å²) in [5, 5.41) is 14.9. The van der Waals surface area contributed by atoms with Gasteiger partial charge in [0.05, 0.1) is 11.1 Å².